The molecule has 120 valence electrons. The van der Waals surface area contributed by atoms with E-state index in [1.165, 1.54) is 29.1 Å². The average Bonchev–Trinajstić information content (AvgIpc) is 3.01. The minimum absolute atomic E-state index is 0.0466. The van der Waals surface area contributed by atoms with Gasteiger partial charge in [0.1, 0.15) is 18.8 Å². The van der Waals surface area contributed by atoms with Gasteiger partial charge in [0, 0.05) is 6.07 Å². The first-order valence-electron chi connectivity index (χ1n) is 6.56. The van der Waals surface area contributed by atoms with Crippen LogP contribution in [0.2, 0.25) is 0 Å². The van der Waals surface area contributed by atoms with E-state index < -0.39 is 35.4 Å². The second-order valence-electron chi connectivity index (χ2n) is 5.20. The van der Waals surface area contributed by atoms with Crippen LogP contribution in [0.4, 0.5) is 0 Å². The molecule has 0 amide bonds. The number of hydrogen-bond donors (Lipinski definition) is 3. The highest BCUT2D eigenvalue weighted by Crippen LogP contribution is 2.34. The molecule has 10 heteroatoms. The fraction of sp³-hybridized carbons (Fsp3) is 0.583. The summed E-state index contributed by atoms with van der Waals surface area (Å²) in [5.41, 5.74) is -1.51. The van der Waals surface area contributed by atoms with Crippen LogP contribution in [0, 0.1) is 10.1 Å². The van der Waals surface area contributed by atoms with Crippen molar-refractivity contribution in [3.05, 3.63) is 40.2 Å². The number of ether oxygens (including phenoxy) is 2. The first-order valence-corrected chi connectivity index (χ1v) is 6.56. The molecule has 1 aromatic heterocycles. The fourth-order valence-electron chi connectivity index (χ4n) is 2.73. The van der Waals surface area contributed by atoms with Gasteiger partial charge in [0.2, 0.25) is 6.29 Å². The van der Waals surface area contributed by atoms with Crippen LogP contribution in [0.3, 0.4) is 0 Å². The molecule has 5 atom stereocenters. The first kappa shape index (κ1) is 15.1. The summed E-state index contributed by atoms with van der Waals surface area (Å²) in [7, 11) is 0. The third-order valence-electron chi connectivity index (χ3n) is 3.81. The largest absolute Gasteiger partial charge is 0.388 e. The van der Waals surface area contributed by atoms with Crippen LogP contribution < -0.4 is 4.57 Å². The van der Waals surface area contributed by atoms with Gasteiger partial charge in [-0.15, -0.1) is 10.1 Å². The molecule has 2 fully saturated rings. The molecule has 10 nitrogen and oxygen atoms in total. The van der Waals surface area contributed by atoms with Gasteiger partial charge in [0.25, 0.3) is 5.09 Å². The van der Waals surface area contributed by atoms with Gasteiger partial charge >= 0.3 is 5.72 Å². The highest BCUT2D eigenvalue weighted by atomic mass is 17.0. The second kappa shape index (κ2) is 5.41. The molecular formula is C12H15N2O8+. The van der Waals surface area contributed by atoms with Crippen molar-refractivity contribution in [3.63, 3.8) is 0 Å². The smallest absolute Gasteiger partial charge is 0.322 e. The second-order valence-corrected chi connectivity index (χ2v) is 5.20. The summed E-state index contributed by atoms with van der Waals surface area (Å²) < 4.78 is 12.1. The Morgan fingerprint density at radius 1 is 1.55 bits per heavy atom. The maximum absolute atomic E-state index is 10.8. The van der Waals surface area contributed by atoms with E-state index in [1.54, 1.807) is 0 Å². The molecule has 0 aliphatic carbocycles. The Morgan fingerprint density at radius 2 is 2.32 bits per heavy atom. The lowest BCUT2D eigenvalue weighted by Crippen LogP contribution is -2.63. The molecule has 3 N–H and O–H groups in total. The van der Waals surface area contributed by atoms with Crippen molar-refractivity contribution in [3.8, 4) is 0 Å². The molecule has 1 unspecified atom stereocenters. The van der Waals surface area contributed by atoms with Crippen LogP contribution in [0.5, 0.6) is 0 Å². The number of fused-ring (bicyclic) bond motifs is 1. The summed E-state index contributed by atoms with van der Waals surface area (Å²) in [6, 6.07) is 2.89. The van der Waals surface area contributed by atoms with E-state index in [0.717, 1.165) is 0 Å². The molecule has 22 heavy (non-hydrogen) atoms. The summed E-state index contributed by atoms with van der Waals surface area (Å²) in [5.74, 6) is 0. The lowest BCUT2D eigenvalue weighted by Gasteiger charge is -2.21. The minimum atomic E-state index is -1.78. The van der Waals surface area contributed by atoms with E-state index in [-0.39, 0.29) is 18.8 Å². The van der Waals surface area contributed by atoms with Gasteiger partial charge in [-0.3, -0.25) is 4.84 Å². The zero-order valence-corrected chi connectivity index (χ0v) is 11.3. The van der Waals surface area contributed by atoms with E-state index in [1.807, 2.05) is 0 Å². The lowest BCUT2D eigenvalue weighted by molar-refractivity contribution is -0.813. The number of rotatable bonds is 4. The fourth-order valence-corrected chi connectivity index (χ4v) is 2.73. The molecule has 2 saturated heterocycles. The molecule has 2 aliphatic heterocycles. The van der Waals surface area contributed by atoms with Crippen molar-refractivity contribution in [2.24, 2.45) is 0 Å². The Morgan fingerprint density at radius 3 is 3.05 bits per heavy atom. The summed E-state index contributed by atoms with van der Waals surface area (Å²) in [4.78, 5) is 14.3. The summed E-state index contributed by atoms with van der Waals surface area (Å²) in [6.07, 6.45) is -1.24. The standard InChI is InChI=1S/C12H15N2O8/c15-8-5-20-10-9(8)21-6-12(10,17)13-3-1-2-7(4-13)11(16)22-14(18)19/h1-4,8-11,15-17H,5-6H2/q+1/t8-,9-,10+,11?,12-/m1/s1. The van der Waals surface area contributed by atoms with Gasteiger partial charge in [0.15, 0.2) is 18.5 Å². The Labute approximate surface area is 124 Å². The van der Waals surface area contributed by atoms with Crippen LogP contribution in [-0.2, 0) is 20.0 Å². The van der Waals surface area contributed by atoms with Crippen LogP contribution in [-0.4, -0.2) is 51.9 Å². The van der Waals surface area contributed by atoms with Crippen LogP contribution >= 0.6 is 0 Å². The molecule has 3 rings (SSSR count). The molecule has 3 heterocycles. The molecule has 1 aromatic rings. The number of pyridine rings is 1. The van der Waals surface area contributed by atoms with Crippen molar-refractivity contribution in [2.45, 2.75) is 30.3 Å². The Kier molecular flexibility index (Phi) is 3.70. The maximum Gasteiger partial charge on any atom is 0.322 e. The third kappa shape index (κ3) is 2.40. The number of nitrogens with zero attached hydrogens (tertiary/aromatic N) is 2. The number of aliphatic hydroxyl groups excluding tert-OH is 2. The van der Waals surface area contributed by atoms with Crippen molar-refractivity contribution in [1.82, 2.24) is 0 Å². The zero-order chi connectivity index (χ0) is 15.9. The SMILES string of the molecule is O=[N+]([O-])OC(O)c1ccc[n+]([C@@]2(O)CO[C@@H]3[C@H](O)CO[C@@H]32)c1. The highest BCUT2D eigenvalue weighted by Gasteiger charge is 2.62. The molecule has 0 aromatic carbocycles. The van der Waals surface area contributed by atoms with Crippen molar-refractivity contribution in [2.75, 3.05) is 13.2 Å². The summed E-state index contributed by atoms with van der Waals surface area (Å²) in [6.45, 7) is -0.0787. The normalized spacial score (nSPS) is 35.1. The van der Waals surface area contributed by atoms with Crippen LogP contribution in [0.15, 0.2) is 24.5 Å². The van der Waals surface area contributed by atoms with Gasteiger partial charge in [-0.05, 0) is 6.07 Å². The van der Waals surface area contributed by atoms with Crippen LogP contribution in [0.1, 0.15) is 11.9 Å². The molecule has 0 saturated carbocycles. The molecule has 0 bridgehead atoms. The first-order chi connectivity index (χ1) is 10.4. The average molecular weight is 315 g/mol. The molecular weight excluding hydrogens is 300 g/mol. The van der Waals surface area contributed by atoms with Gasteiger partial charge in [-0.25, -0.2) is 0 Å². The van der Waals surface area contributed by atoms with Crippen molar-refractivity contribution in [1.29, 1.82) is 0 Å². The van der Waals surface area contributed by atoms with Crippen LogP contribution in [0.25, 0.3) is 0 Å². The zero-order valence-electron chi connectivity index (χ0n) is 11.3. The number of aromatic nitrogens is 1. The molecule has 0 radical (unpaired) electrons. The van der Waals surface area contributed by atoms with Gasteiger partial charge in [0.05, 0.1) is 12.2 Å². The monoisotopic (exact) mass is 315 g/mol. The van der Waals surface area contributed by atoms with E-state index in [2.05, 4.69) is 4.84 Å². The lowest BCUT2D eigenvalue weighted by atomic mass is 10.0. The third-order valence-corrected chi connectivity index (χ3v) is 3.81. The van der Waals surface area contributed by atoms with Gasteiger partial charge < -0.3 is 24.8 Å². The highest BCUT2D eigenvalue weighted by molar-refractivity contribution is 5.07. The Bertz CT molecular complexity index is 584. The number of aliphatic hydroxyl groups is 3. The predicted octanol–water partition coefficient (Wildman–Crippen LogP) is -2.02. The topological polar surface area (TPSA) is 135 Å². The van der Waals surface area contributed by atoms with E-state index >= 15 is 0 Å². The number of hydrogen-bond acceptors (Lipinski definition) is 8. The van der Waals surface area contributed by atoms with Crippen molar-refractivity contribution >= 4 is 0 Å². The maximum atomic E-state index is 10.8. The molecule has 0 spiro atoms. The summed E-state index contributed by atoms with van der Waals surface area (Å²) >= 11 is 0. The van der Waals surface area contributed by atoms with E-state index in [0.29, 0.717) is 0 Å². The van der Waals surface area contributed by atoms with Gasteiger partial charge in [-0.2, -0.15) is 4.57 Å². The molecule has 2 aliphatic rings. The predicted molar refractivity (Wildman–Crippen MR) is 65.4 cm³/mol. The summed E-state index contributed by atoms with van der Waals surface area (Å²) in [5, 5.41) is 39.3. The Hall–Kier alpha value is -1.85. The van der Waals surface area contributed by atoms with E-state index in [4.69, 9.17) is 9.47 Å². The van der Waals surface area contributed by atoms with E-state index in [9.17, 15) is 25.4 Å². The Balaban J connectivity index is 1.87. The minimum Gasteiger partial charge on any atom is -0.388 e. The van der Waals surface area contributed by atoms with Gasteiger partial charge in [-0.1, -0.05) is 0 Å². The quantitative estimate of drug-likeness (QED) is 0.251. The van der Waals surface area contributed by atoms with Crippen molar-refractivity contribution < 1.29 is 39.3 Å².